The number of quaternary nitrogens is 2. The van der Waals surface area contributed by atoms with Crippen molar-refractivity contribution < 1.29 is 10.2 Å². The first-order valence-corrected chi connectivity index (χ1v) is 5.99. The van der Waals surface area contributed by atoms with Crippen molar-refractivity contribution in [3.63, 3.8) is 0 Å². The van der Waals surface area contributed by atoms with E-state index in [1.165, 1.54) is 27.5 Å². The lowest BCUT2D eigenvalue weighted by molar-refractivity contribution is -0.904. The zero-order chi connectivity index (χ0) is 11.8. The highest BCUT2D eigenvalue weighted by Gasteiger charge is 2.37. The molecular weight excluding hydrogens is 210 g/mol. The summed E-state index contributed by atoms with van der Waals surface area (Å²) in [6.45, 7) is 4.42. The highest BCUT2D eigenvalue weighted by atomic mass is 15.3. The molecule has 3 rings (SSSR count). The van der Waals surface area contributed by atoms with E-state index in [0.717, 1.165) is 0 Å². The van der Waals surface area contributed by atoms with Crippen LogP contribution in [0, 0.1) is 6.92 Å². The first-order chi connectivity index (χ1) is 8.27. The van der Waals surface area contributed by atoms with Crippen LogP contribution in [0.4, 0.5) is 17.1 Å². The summed E-state index contributed by atoms with van der Waals surface area (Å²) in [6.07, 6.45) is 4.32. The van der Waals surface area contributed by atoms with E-state index in [0.29, 0.717) is 6.17 Å². The maximum absolute atomic E-state index is 4.26. The van der Waals surface area contributed by atoms with Crippen molar-refractivity contribution in [1.29, 1.82) is 0 Å². The molecule has 1 aromatic heterocycles. The molecule has 0 aliphatic carbocycles. The first-order valence-electron chi connectivity index (χ1n) is 5.99. The van der Waals surface area contributed by atoms with Gasteiger partial charge in [0, 0.05) is 24.8 Å². The summed E-state index contributed by atoms with van der Waals surface area (Å²) in [4.78, 5) is 5.66. The second-order valence-corrected chi connectivity index (χ2v) is 4.65. The number of hydrogen-bond donors (Lipinski definition) is 2. The minimum atomic E-state index is 0.468. The van der Waals surface area contributed by atoms with Crippen molar-refractivity contribution in [2.24, 2.45) is 0 Å². The average Bonchev–Trinajstić information content (AvgIpc) is 2.66. The third kappa shape index (κ3) is 1.64. The van der Waals surface area contributed by atoms with E-state index in [1.54, 1.807) is 0 Å². The van der Waals surface area contributed by atoms with E-state index in [9.17, 15) is 0 Å². The molecule has 0 bridgehead atoms. The lowest BCUT2D eigenvalue weighted by Gasteiger charge is -2.16. The Bertz CT molecular complexity index is 551. The third-order valence-corrected chi connectivity index (χ3v) is 3.47. The summed E-state index contributed by atoms with van der Waals surface area (Å²) < 4.78 is 0. The SMILES string of the molecule is Cc1ccccc1[NH+]1c2cnccc2[NH2+]C1C. The van der Waals surface area contributed by atoms with Gasteiger partial charge in [0.1, 0.15) is 5.69 Å². The minimum Gasteiger partial charge on any atom is -0.259 e. The van der Waals surface area contributed by atoms with Crippen molar-refractivity contribution >= 4 is 17.1 Å². The van der Waals surface area contributed by atoms with Gasteiger partial charge >= 0.3 is 0 Å². The van der Waals surface area contributed by atoms with Crippen LogP contribution >= 0.6 is 0 Å². The number of benzene rings is 1. The lowest BCUT2D eigenvalue weighted by atomic mass is 10.1. The Morgan fingerprint density at radius 3 is 2.82 bits per heavy atom. The fourth-order valence-corrected chi connectivity index (χ4v) is 2.64. The van der Waals surface area contributed by atoms with Gasteiger partial charge in [-0.05, 0) is 13.0 Å². The summed E-state index contributed by atoms with van der Waals surface area (Å²) in [5.74, 6) is 0. The Kier molecular flexibility index (Phi) is 2.42. The third-order valence-electron chi connectivity index (χ3n) is 3.47. The van der Waals surface area contributed by atoms with Gasteiger partial charge in [-0.1, -0.05) is 18.2 Å². The van der Waals surface area contributed by atoms with E-state index in [1.807, 2.05) is 12.4 Å². The Hall–Kier alpha value is -1.71. The van der Waals surface area contributed by atoms with Crippen LogP contribution in [0.3, 0.4) is 0 Å². The number of aromatic nitrogens is 1. The van der Waals surface area contributed by atoms with Crippen molar-refractivity contribution in [2.45, 2.75) is 20.0 Å². The number of hydrogen-bond acceptors (Lipinski definition) is 1. The Balaban J connectivity index is 2.13. The molecule has 3 nitrogen and oxygen atoms in total. The van der Waals surface area contributed by atoms with Crippen LogP contribution in [0.2, 0.25) is 0 Å². The topological polar surface area (TPSA) is 33.9 Å². The zero-order valence-electron chi connectivity index (χ0n) is 10.1. The molecule has 0 saturated heterocycles. The van der Waals surface area contributed by atoms with Crippen molar-refractivity contribution in [3.8, 4) is 0 Å². The number of pyridine rings is 1. The number of nitrogens with one attached hydrogen (secondary N) is 1. The fourth-order valence-electron chi connectivity index (χ4n) is 2.64. The molecule has 3 N–H and O–H groups in total. The van der Waals surface area contributed by atoms with E-state index in [-0.39, 0.29) is 0 Å². The minimum absolute atomic E-state index is 0.468. The highest BCUT2D eigenvalue weighted by molar-refractivity contribution is 5.53. The molecule has 2 unspecified atom stereocenters. The maximum Gasteiger partial charge on any atom is 0.223 e. The number of nitrogens with zero attached hydrogens (tertiary/aromatic N) is 1. The molecule has 2 heterocycles. The fraction of sp³-hybridized carbons (Fsp3) is 0.214. The van der Waals surface area contributed by atoms with Crippen molar-refractivity contribution in [1.82, 2.24) is 4.98 Å². The van der Waals surface area contributed by atoms with Gasteiger partial charge in [0.2, 0.25) is 11.9 Å². The van der Waals surface area contributed by atoms with Gasteiger partial charge in [-0.15, -0.1) is 0 Å². The molecule has 86 valence electrons. The van der Waals surface area contributed by atoms with Crippen LogP contribution in [-0.2, 0) is 0 Å². The second kappa shape index (κ2) is 3.95. The Morgan fingerprint density at radius 1 is 1.18 bits per heavy atom. The predicted octanol–water partition coefficient (Wildman–Crippen LogP) is 0.793. The molecule has 1 aliphatic rings. The van der Waals surface area contributed by atoms with E-state index >= 15 is 0 Å². The highest BCUT2D eigenvalue weighted by Crippen LogP contribution is 2.19. The molecule has 2 aromatic rings. The summed E-state index contributed by atoms with van der Waals surface area (Å²) >= 11 is 0. The summed E-state index contributed by atoms with van der Waals surface area (Å²) in [7, 11) is 0. The quantitative estimate of drug-likeness (QED) is 0.742. The molecule has 2 atom stereocenters. The standard InChI is InChI=1S/C14H15N3/c1-10-5-3-4-6-13(10)17-11(2)16-12-7-8-15-9-14(12)17/h3-9,11,16H,1-2H3/p+2. The molecule has 17 heavy (non-hydrogen) atoms. The van der Waals surface area contributed by atoms with Crippen LogP contribution in [-0.4, -0.2) is 11.1 Å². The monoisotopic (exact) mass is 227 g/mol. The Morgan fingerprint density at radius 2 is 2.00 bits per heavy atom. The van der Waals surface area contributed by atoms with E-state index in [4.69, 9.17) is 0 Å². The number of fused-ring (bicyclic) bond motifs is 1. The van der Waals surface area contributed by atoms with Crippen LogP contribution in [0.5, 0.6) is 0 Å². The number of nitrogens with two attached hydrogens (primary N) is 1. The van der Waals surface area contributed by atoms with Gasteiger partial charge in [-0.2, -0.15) is 0 Å². The molecule has 3 heteroatoms. The van der Waals surface area contributed by atoms with E-state index < -0.39 is 0 Å². The molecule has 0 spiro atoms. The van der Waals surface area contributed by atoms with Crippen LogP contribution in [0.1, 0.15) is 12.5 Å². The lowest BCUT2D eigenvalue weighted by Crippen LogP contribution is -3.14. The maximum atomic E-state index is 4.26. The normalized spacial score (nSPS) is 22.5. The molecule has 0 radical (unpaired) electrons. The van der Waals surface area contributed by atoms with Gasteiger partial charge in [0.25, 0.3) is 0 Å². The zero-order valence-corrected chi connectivity index (χ0v) is 10.1. The van der Waals surface area contributed by atoms with Crippen LogP contribution in [0.25, 0.3) is 0 Å². The van der Waals surface area contributed by atoms with E-state index in [2.05, 4.69) is 54.5 Å². The van der Waals surface area contributed by atoms with Crippen LogP contribution in [0.15, 0.2) is 42.7 Å². The smallest absolute Gasteiger partial charge is 0.223 e. The molecule has 0 amide bonds. The number of rotatable bonds is 1. The van der Waals surface area contributed by atoms with Gasteiger partial charge in [0.15, 0.2) is 5.69 Å². The second-order valence-electron chi connectivity index (χ2n) is 4.65. The summed E-state index contributed by atoms with van der Waals surface area (Å²) in [5.41, 5.74) is 5.28. The first kappa shape index (κ1) is 10.4. The molecule has 0 saturated carbocycles. The van der Waals surface area contributed by atoms with Crippen molar-refractivity contribution in [2.75, 3.05) is 0 Å². The van der Waals surface area contributed by atoms with Crippen molar-refractivity contribution in [3.05, 3.63) is 48.3 Å². The van der Waals surface area contributed by atoms with Gasteiger partial charge in [-0.25, -0.2) is 4.90 Å². The average molecular weight is 227 g/mol. The number of para-hydroxylation sites is 1. The molecule has 1 aromatic carbocycles. The Labute approximate surface area is 101 Å². The van der Waals surface area contributed by atoms with Gasteiger partial charge < -0.3 is 0 Å². The summed E-state index contributed by atoms with van der Waals surface area (Å²) in [5, 5.41) is 2.32. The predicted molar refractivity (Wildman–Crippen MR) is 66.7 cm³/mol. The summed E-state index contributed by atoms with van der Waals surface area (Å²) in [6, 6.07) is 10.7. The molecular formula is C14H17N3+2. The number of aryl methyl sites for hydroxylation is 1. The van der Waals surface area contributed by atoms with Gasteiger partial charge in [-0.3, -0.25) is 10.3 Å². The van der Waals surface area contributed by atoms with Crippen LogP contribution < -0.4 is 10.2 Å². The van der Waals surface area contributed by atoms with Gasteiger partial charge in [0.05, 0.1) is 6.20 Å². The molecule has 1 aliphatic heterocycles. The molecule has 0 fully saturated rings. The largest absolute Gasteiger partial charge is 0.259 e.